The van der Waals surface area contributed by atoms with Gasteiger partial charge in [-0.2, -0.15) is 0 Å². The van der Waals surface area contributed by atoms with Crippen molar-refractivity contribution in [3.8, 4) is 5.75 Å². The number of amides is 2. The minimum atomic E-state index is -0.561. The van der Waals surface area contributed by atoms with Gasteiger partial charge in [-0.1, -0.05) is 17.7 Å². The third kappa shape index (κ3) is 4.10. The maximum atomic E-state index is 12.1. The molecule has 2 N–H and O–H groups in total. The van der Waals surface area contributed by atoms with E-state index in [0.717, 1.165) is 5.56 Å². The molecule has 0 atom stereocenters. The van der Waals surface area contributed by atoms with Gasteiger partial charge in [-0.05, 0) is 30.7 Å². The molecule has 2 rings (SSSR count). The molecule has 0 bridgehead atoms. The first-order valence-electron chi connectivity index (χ1n) is 6.57. The van der Waals surface area contributed by atoms with Gasteiger partial charge in [0.1, 0.15) is 5.75 Å². The number of methoxy groups -OCH3 is 1. The second kappa shape index (κ2) is 6.97. The zero-order valence-electron chi connectivity index (χ0n) is 12.4. The number of benzene rings is 2. The largest absolute Gasteiger partial charge is 0.495 e. The predicted molar refractivity (Wildman–Crippen MR) is 88.5 cm³/mol. The van der Waals surface area contributed by atoms with E-state index in [4.69, 9.17) is 16.3 Å². The Morgan fingerprint density at radius 3 is 2.52 bits per heavy atom. The third-order valence-electron chi connectivity index (χ3n) is 3.09. The summed E-state index contributed by atoms with van der Waals surface area (Å²) in [6, 6.07) is 8.47. The minimum Gasteiger partial charge on any atom is -0.495 e. The molecule has 7 nitrogen and oxygen atoms in total. The van der Waals surface area contributed by atoms with Crippen molar-refractivity contribution < 1.29 is 14.5 Å². The summed E-state index contributed by atoms with van der Waals surface area (Å²) in [5.41, 5.74) is 1.41. The SMILES string of the molecule is COc1ccc([N+](=O)[O-])cc1NC(=O)Nc1cc(Cl)ccc1C. The Balaban J connectivity index is 2.21. The molecule has 2 amide bonds. The van der Waals surface area contributed by atoms with Crippen LogP contribution in [0.15, 0.2) is 36.4 Å². The molecule has 120 valence electrons. The van der Waals surface area contributed by atoms with Crippen LogP contribution in [0.2, 0.25) is 5.02 Å². The Morgan fingerprint density at radius 2 is 1.87 bits per heavy atom. The smallest absolute Gasteiger partial charge is 0.323 e. The van der Waals surface area contributed by atoms with Gasteiger partial charge < -0.3 is 15.4 Å². The number of nitrogens with one attached hydrogen (secondary N) is 2. The quantitative estimate of drug-likeness (QED) is 0.646. The topological polar surface area (TPSA) is 93.5 Å². The number of halogens is 1. The summed E-state index contributed by atoms with van der Waals surface area (Å²) in [5.74, 6) is 0.313. The van der Waals surface area contributed by atoms with Crippen LogP contribution in [0.4, 0.5) is 21.9 Å². The van der Waals surface area contributed by atoms with Crippen LogP contribution in [-0.4, -0.2) is 18.1 Å². The number of carbonyl (C=O) groups is 1. The van der Waals surface area contributed by atoms with Gasteiger partial charge in [0.05, 0.1) is 17.7 Å². The van der Waals surface area contributed by atoms with Crippen LogP contribution in [0, 0.1) is 17.0 Å². The number of hydrogen-bond acceptors (Lipinski definition) is 4. The average Bonchev–Trinajstić information content (AvgIpc) is 2.50. The molecule has 2 aromatic rings. The number of hydrogen-bond donors (Lipinski definition) is 2. The van der Waals surface area contributed by atoms with Gasteiger partial charge in [-0.15, -0.1) is 0 Å². The number of carbonyl (C=O) groups excluding carboxylic acids is 1. The van der Waals surface area contributed by atoms with E-state index in [9.17, 15) is 14.9 Å². The lowest BCUT2D eigenvalue weighted by atomic mass is 10.2. The molecule has 0 aromatic heterocycles. The van der Waals surface area contributed by atoms with Crippen LogP contribution < -0.4 is 15.4 Å². The fourth-order valence-corrected chi connectivity index (χ4v) is 2.08. The molecule has 0 fully saturated rings. The number of nitrogens with zero attached hydrogens (tertiary/aromatic N) is 1. The van der Waals surface area contributed by atoms with Gasteiger partial charge >= 0.3 is 6.03 Å². The van der Waals surface area contributed by atoms with Crippen LogP contribution in [0.3, 0.4) is 0 Å². The second-order valence-corrected chi connectivity index (χ2v) is 5.12. The van der Waals surface area contributed by atoms with E-state index in [0.29, 0.717) is 16.5 Å². The summed E-state index contributed by atoms with van der Waals surface area (Å²) >= 11 is 5.90. The first-order valence-corrected chi connectivity index (χ1v) is 6.95. The van der Waals surface area contributed by atoms with Crippen LogP contribution >= 0.6 is 11.6 Å². The van der Waals surface area contributed by atoms with E-state index in [1.165, 1.54) is 25.3 Å². The monoisotopic (exact) mass is 335 g/mol. The normalized spacial score (nSPS) is 10.0. The molecule has 0 saturated carbocycles. The molecule has 2 aromatic carbocycles. The van der Waals surface area contributed by atoms with Gasteiger partial charge in [-0.3, -0.25) is 10.1 Å². The lowest BCUT2D eigenvalue weighted by Crippen LogP contribution is -2.20. The van der Waals surface area contributed by atoms with E-state index >= 15 is 0 Å². The zero-order valence-corrected chi connectivity index (χ0v) is 13.2. The summed E-state index contributed by atoms with van der Waals surface area (Å²) in [6.07, 6.45) is 0. The molecule has 0 radical (unpaired) electrons. The highest BCUT2D eigenvalue weighted by Crippen LogP contribution is 2.29. The molecule has 0 unspecified atom stereocenters. The number of aryl methyl sites for hydroxylation is 1. The fraction of sp³-hybridized carbons (Fsp3) is 0.133. The lowest BCUT2D eigenvalue weighted by molar-refractivity contribution is -0.384. The second-order valence-electron chi connectivity index (χ2n) is 4.68. The fourth-order valence-electron chi connectivity index (χ4n) is 1.91. The molecular formula is C15H14ClN3O4. The number of urea groups is 1. The number of non-ortho nitro benzene ring substituents is 1. The van der Waals surface area contributed by atoms with Crippen LogP contribution in [0.5, 0.6) is 5.75 Å². The van der Waals surface area contributed by atoms with Gasteiger partial charge in [0.15, 0.2) is 0 Å². The Bertz CT molecular complexity index is 764. The number of nitro groups is 1. The third-order valence-corrected chi connectivity index (χ3v) is 3.32. The molecule has 0 aliphatic rings. The molecule has 0 heterocycles. The van der Waals surface area contributed by atoms with Crippen molar-refractivity contribution in [2.24, 2.45) is 0 Å². The average molecular weight is 336 g/mol. The molecule has 8 heteroatoms. The van der Waals surface area contributed by atoms with Gasteiger partial charge in [0.2, 0.25) is 0 Å². The maximum absolute atomic E-state index is 12.1. The van der Waals surface area contributed by atoms with Crippen LogP contribution in [0.25, 0.3) is 0 Å². The summed E-state index contributed by atoms with van der Waals surface area (Å²) in [4.78, 5) is 22.4. The molecule has 0 aliphatic carbocycles. The molecule has 0 spiro atoms. The summed E-state index contributed by atoms with van der Waals surface area (Å²) in [6.45, 7) is 1.82. The molecule has 0 saturated heterocycles. The first-order chi connectivity index (χ1) is 10.9. The Hall–Kier alpha value is -2.80. The molecule has 23 heavy (non-hydrogen) atoms. The van der Waals surface area contributed by atoms with E-state index in [1.807, 2.05) is 6.92 Å². The zero-order chi connectivity index (χ0) is 17.0. The Morgan fingerprint density at radius 1 is 1.17 bits per heavy atom. The van der Waals surface area contributed by atoms with Crippen molar-refractivity contribution in [3.05, 3.63) is 57.1 Å². The van der Waals surface area contributed by atoms with E-state index in [-0.39, 0.29) is 11.4 Å². The Labute approximate surface area is 137 Å². The number of nitro benzene ring substituents is 1. The van der Waals surface area contributed by atoms with E-state index < -0.39 is 11.0 Å². The minimum absolute atomic E-state index is 0.153. The molecular weight excluding hydrogens is 322 g/mol. The highest BCUT2D eigenvalue weighted by atomic mass is 35.5. The highest BCUT2D eigenvalue weighted by Gasteiger charge is 2.14. The standard InChI is InChI=1S/C15H14ClN3O4/c1-9-3-4-10(16)7-12(9)17-15(20)18-13-8-11(19(21)22)5-6-14(13)23-2/h3-8H,1-2H3,(H2,17,18,20). The van der Waals surface area contributed by atoms with Crippen molar-refractivity contribution in [2.45, 2.75) is 6.92 Å². The molecule has 0 aliphatic heterocycles. The highest BCUT2D eigenvalue weighted by molar-refractivity contribution is 6.31. The van der Waals surface area contributed by atoms with Crippen LogP contribution in [-0.2, 0) is 0 Å². The van der Waals surface area contributed by atoms with Gasteiger partial charge in [-0.25, -0.2) is 4.79 Å². The van der Waals surface area contributed by atoms with Crippen molar-refractivity contribution in [3.63, 3.8) is 0 Å². The predicted octanol–water partition coefficient (Wildman–Crippen LogP) is 4.21. The van der Waals surface area contributed by atoms with Gasteiger partial charge in [0, 0.05) is 22.8 Å². The number of ether oxygens (including phenoxy) is 1. The summed E-state index contributed by atoms with van der Waals surface area (Å²) < 4.78 is 5.09. The Kier molecular flexibility index (Phi) is 5.02. The van der Waals surface area contributed by atoms with E-state index in [2.05, 4.69) is 10.6 Å². The van der Waals surface area contributed by atoms with Crippen molar-refractivity contribution in [2.75, 3.05) is 17.7 Å². The maximum Gasteiger partial charge on any atom is 0.323 e. The van der Waals surface area contributed by atoms with Crippen LogP contribution in [0.1, 0.15) is 5.56 Å². The summed E-state index contributed by atoms with van der Waals surface area (Å²) in [5, 5.41) is 16.5. The lowest BCUT2D eigenvalue weighted by Gasteiger charge is -2.12. The van der Waals surface area contributed by atoms with Gasteiger partial charge in [0.25, 0.3) is 5.69 Å². The summed E-state index contributed by atoms with van der Waals surface area (Å²) in [7, 11) is 1.41. The number of anilines is 2. The van der Waals surface area contributed by atoms with Crippen molar-refractivity contribution in [1.29, 1.82) is 0 Å². The van der Waals surface area contributed by atoms with Crippen molar-refractivity contribution in [1.82, 2.24) is 0 Å². The first kappa shape index (κ1) is 16.6. The van der Waals surface area contributed by atoms with Crippen molar-refractivity contribution >= 4 is 34.7 Å². The van der Waals surface area contributed by atoms with E-state index in [1.54, 1.807) is 18.2 Å². The number of rotatable bonds is 4.